The van der Waals surface area contributed by atoms with Crippen LogP contribution in [-0.2, 0) is 5.60 Å². The molecule has 0 saturated heterocycles. The molecular weight excluding hydrogens is 222 g/mol. The largest absolute Gasteiger partial charge is 0.385 e. The van der Waals surface area contributed by atoms with Gasteiger partial charge in [0.2, 0.25) is 0 Å². The average Bonchev–Trinajstić information content (AvgIpc) is 2.27. The molecule has 0 saturated carbocycles. The summed E-state index contributed by atoms with van der Waals surface area (Å²) in [6.07, 6.45) is 2.84. The van der Waals surface area contributed by atoms with Crippen LogP contribution in [-0.4, -0.2) is 5.11 Å². The maximum Gasteiger partial charge on any atom is 0.0991 e. The lowest BCUT2D eigenvalue weighted by molar-refractivity contribution is 0.0424. The van der Waals surface area contributed by atoms with E-state index in [0.717, 1.165) is 24.8 Å². The lowest BCUT2D eigenvalue weighted by Gasteiger charge is -2.26. The van der Waals surface area contributed by atoms with E-state index in [9.17, 15) is 5.11 Å². The number of nitriles is 1. The van der Waals surface area contributed by atoms with Crippen molar-refractivity contribution in [3.63, 3.8) is 0 Å². The van der Waals surface area contributed by atoms with Gasteiger partial charge in [-0.25, -0.2) is 0 Å². The summed E-state index contributed by atoms with van der Waals surface area (Å²) in [5.74, 6) is 0. The van der Waals surface area contributed by atoms with Gasteiger partial charge >= 0.3 is 0 Å². The first-order valence-corrected chi connectivity index (χ1v) is 6.48. The number of rotatable bonds is 4. The Morgan fingerprint density at radius 1 is 1.06 bits per heavy atom. The summed E-state index contributed by atoms with van der Waals surface area (Å²) in [5, 5.41) is 19.2. The standard InChI is InChI=1S/C16H23NO/c1-15(2,3)10-5-11-16(4,18)14-8-6-13(12-17)7-9-14/h6-9,18H,5,10-11H2,1-4H3. The second-order valence-electron chi connectivity index (χ2n) is 6.38. The minimum absolute atomic E-state index is 0.306. The van der Waals surface area contributed by atoms with E-state index in [1.807, 2.05) is 19.1 Å². The quantitative estimate of drug-likeness (QED) is 0.872. The van der Waals surface area contributed by atoms with Gasteiger partial charge in [-0.1, -0.05) is 32.9 Å². The Hall–Kier alpha value is -1.33. The van der Waals surface area contributed by atoms with Gasteiger partial charge < -0.3 is 5.11 Å². The van der Waals surface area contributed by atoms with Gasteiger partial charge in [0.05, 0.1) is 17.2 Å². The fraction of sp³-hybridized carbons (Fsp3) is 0.562. The van der Waals surface area contributed by atoms with Gasteiger partial charge in [-0.2, -0.15) is 5.26 Å². The van der Waals surface area contributed by atoms with Crippen molar-refractivity contribution in [2.45, 2.75) is 52.6 Å². The number of nitrogens with zero attached hydrogens (tertiary/aromatic N) is 1. The summed E-state index contributed by atoms with van der Waals surface area (Å²) >= 11 is 0. The summed E-state index contributed by atoms with van der Waals surface area (Å²) in [6.45, 7) is 8.48. The minimum Gasteiger partial charge on any atom is -0.385 e. The second kappa shape index (κ2) is 5.54. The molecule has 0 aliphatic rings. The normalized spacial score (nSPS) is 14.9. The lowest BCUT2D eigenvalue weighted by Crippen LogP contribution is -2.21. The van der Waals surface area contributed by atoms with E-state index in [1.165, 1.54) is 0 Å². The molecule has 1 aromatic rings. The van der Waals surface area contributed by atoms with Gasteiger partial charge in [0, 0.05) is 0 Å². The highest BCUT2D eigenvalue weighted by Crippen LogP contribution is 2.30. The van der Waals surface area contributed by atoms with E-state index in [1.54, 1.807) is 12.1 Å². The van der Waals surface area contributed by atoms with Gasteiger partial charge in [-0.3, -0.25) is 0 Å². The van der Waals surface area contributed by atoms with Gasteiger partial charge in [0.1, 0.15) is 0 Å². The smallest absolute Gasteiger partial charge is 0.0991 e. The zero-order chi connectivity index (χ0) is 13.8. The van der Waals surface area contributed by atoms with E-state index in [-0.39, 0.29) is 0 Å². The van der Waals surface area contributed by atoms with Crippen LogP contribution >= 0.6 is 0 Å². The van der Waals surface area contributed by atoms with Crippen molar-refractivity contribution in [1.29, 1.82) is 5.26 Å². The van der Waals surface area contributed by atoms with Crippen LogP contribution in [0, 0.1) is 16.7 Å². The van der Waals surface area contributed by atoms with Gasteiger partial charge in [0.15, 0.2) is 0 Å². The van der Waals surface area contributed by atoms with Crippen LogP contribution in [0.1, 0.15) is 58.1 Å². The molecule has 0 heterocycles. The number of aliphatic hydroxyl groups is 1. The molecule has 0 aliphatic heterocycles. The molecule has 0 bridgehead atoms. The van der Waals surface area contributed by atoms with Crippen molar-refractivity contribution in [3.05, 3.63) is 35.4 Å². The molecule has 18 heavy (non-hydrogen) atoms. The van der Waals surface area contributed by atoms with Crippen LogP contribution in [0.5, 0.6) is 0 Å². The molecule has 0 aromatic heterocycles. The highest BCUT2D eigenvalue weighted by molar-refractivity contribution is 5.33. The van der Waals surface area contributed by atoms with Gasteiger partial charge in [-0.15, -0.1) is 0 Å². The Morgan fingerprint density at radius 3 is 2.06 bits per heavy atom. The van der Waals surface area contributed by atoms with E-state index in [0.29, 0.717) is 11.0 Å². The first kappa shape index (κ1) is 14.7. The topological polar surface area (TPSA) is 44.0 Å². The predicted molar refractivity (Wildman–Crippen MR) is 74.0 cm³/mol. The Balaban J connectivity index is 2.65. The fourth-order valence-corrected chi connectivity index (χ4v) is 2.01. The van der Waals surface area contributed by atoms with Gasteiger partial charge in [-0.05, 0) is 49.3 Å². The highest BCUT2D eigenvalue weighted by Gasteiger charge is 2.23. The van der Waals surface area contributed by atoms with Crippen molar-refractivity contribution in [2.75, 3.05) is 0 Å². The summed E-state index contributed by atoms with van der Waals surface area (Å²) in [5.41, 5.74) is 1.01. The monoisotopic (exact) mass is 245 g/mol. The van der Waals surface area contributed by atoms with Crippen LogP contribution in [0.2, 0.25) is 0 Å². The molecule has 98 valence electrons. The van der Waals surface area contributed by atoms with E-state index < -0.39 is 5.60 Å². The predicted octanol–water partition coefficient (Wildman–Crippen LogP) is 3.98. The maximum absolute atomic E-state index is 10.5. The molecule has 1 unspecified atom stereocenters. The van der Waals surface area contributed by atoms with Crippen LogP contribution in [0.4, 0.5) is 0 Å². The van der Waals surface area contributed by atoms with Gasteiger partial charge in [0.25, 0.3) is 0 Å². The molecule has 1 N–H and O–H groups in total. The molecule has 1 aromatic carbocycles. The Kier molecular flexibility index (Phi) is 4.53. The highest BCUT2D eigenvalue weighted by atomic mass is 16.3. The third kappa shape index (κ3) is 4.50. The summed E-state index contributed by atoms with van der Waals surface area (Å²) in [6, 6.07) is 9.29. The van der Waals surface area contributed by atoms with Crippen molar-refractivity contribution < 1.29 is 5.11 Å². The summed E-state index contributed by atoms with van der Waals surface area (Å²) in [4.78, 5) is 0. The summed E-state index contributed by atoms with van der Waals surface area (Å²) in [7, 11) is 0. The zero-order valence-electron chi connectivity index (χ0n) is 11.8. The van der Waals surface area contributed by atoms with Crippen LogP contribution in [0.15, 0.2) is 24.3 Å². The van der Waals surface area contributed by atoms with Crippen LogP contribution in [0.3, 0.4) is 0 Å². The van der Waals surface area contributed by atoms with E-state index >= 15 is 0 Å². The molecule has 0 radical (unpaired) electrons. The molecule has 0 aliphatic carbocycles. The van der Waals surface area contributed by atoms with Crippen LogP contribution < -0.4 is 0 Å². The molecule has 0 amide bonds. The maximum atomic E-state index is 10.5. The van der Waals surface area contributed by atoms with Crippen molar-refractivity contribution in [3.8, 4) is 6.07 Å². The van der Waals surface area contributed by atoms with Crippen molar-refractivity contribution in [1.82, 2.24) is 0 Å². The third-order valence-electron chi connectivity index (χ3n) is 3.23. The first-order valence-electron chi connectivity index (χ1n) is 6.48. The Morgan fingerprint density at radius 2 is 1.61 bits per heavy atom. The lowest BCUT2D eigenvalue weighted by atomic mass is 9.84. The zero-order valence-corrected chi connectivity index (χ0v) is 11.8. The Bertz CT molecular complexity index is 418. The average molecular weight is 245 g/mol. The molecule has 1 rings (SSSR count). The molecular formula is C16H23NO. The second-order valence-corrected chi connectivity index (χ2v) is 6.38. The summed E-state index contributed by atoms with van der Waals surface area (Å²) < 4.78 is 0. The van der Waals surface area contributed by atoms with Crippen molar-refractivity contribution >= 4 is 0 Å². The van der Waals surface area contributed by atoms with E-state index in [4.69, 9.17) is 5.26 Å². The third-order valence-corrected chi connectivity index (χ3v) is 3.23. The molecule has 1 atom stereocenters. The SMILES string of the molecule is CC(C)(C)CCCC(C)(O)c1ccc(C#N)cc1. The first-order chi connectivity index (χ1) is 8.24. The minimum atomic E-state index is -0.806. The van der Waals surface area contributed by atoms with Crippen molar-refractivity contribution in [2.24, 2.45) is 5.41 Å². The molecule has 0 spiro atoms. The number of hydrogen-bond donors (Lipinski definition) is 1. The fourth-order valence-electron chi connectivity index (χ4n) is 2.01. The van der Waals surface area contributed by atoms with E-state index in [2.05, 4.69) is 26.8 Å². The Labute approximate surface area is 110 Å². The number of hydrogen-bond acceptors (Lipinski definition) is 2. The number of benzene rings is 1. The molecule has 0 fully saturated rings. The molecule has 2 nitrogen and oxygen atoms in total. The van der Waals surface area contributed by atoms with Crippen LogP contribution in [0.25, 0.3) is 0 Å². The molecule has 2 heteroatoms.